The molecule has 1 heterocycles. The van der Waals surface area contributed by atoms with E-state index in [4.69, 9.17) is 4.74 Å². The number of carbonyl (C=O) groups is 1. The van der Waals surface area contributed by atoms with Crippen molar-refractivity contribution >= 4 is 6.03 Å². The molecule has 2 amide bonds. The molecule has 116 valence electrons. The second kappa shape index (κ2) is 6.09. The lowest BCUT2D eigenvalue weighted by Gasteiger charge is -2.12. The van der Waals surface area contributed by atoms with Gasteiger partial charge in [-0.25, -0.2) is 9.48 Å². The van der Waals surface area contributed by atoms with E-state index >= 15 is 0 Å². The van der Waals surface area contributed by atoms with Gasteiger partial charge >= 0.3 is 6.03 Å². The maximum Gasteiger partial charge on any atom is 0.315 e. The van der Waals surface area contributed by atoms with Crippen molar-refractivity contribution in [1.82, 2.24) is 20.4 Å². The summed E-state index contributed by atoms with van der Waals surface area (Å²) in [6.45, 7) is 1.95. The maximum atomic E-state index is 11.8. The number of rotatable bonds is 5. The van der Waals surface area contributed by atoms with E-state index in [1.54, 1.807) is 18.0 Å². The Kier molecular flexibility index (Phi) is 4.00. The molecule has 0 unspecified atom stereocenters. The second-order valence-corrected chi connectivity index (χ2v) is 5.53. The quantitative estimate of drug-likeness (QED) is 0.891. The topological polar surface area (TPSA) is 68.2 Å². The zero-order valence-corrected chi connectivity index (χ0v) is 12.7. The number of amides is 2. The van der Waals surface area contributed by atoms with Crippen molar-refractivity contribution in [2.24, 2.45) is 0 Å². The smallest absolute Gasteiger partial charge is 0.315 e. The highest BCUT2D eigenvalue weighted by Crippen LogP contribution is 2.19. The van der Waals surface area contributed by atoms with Crippen LogP contribution in [0.25, 0.3) is 5.69 Å². The van der Waals surface area contributed by atoms with E-state index in [9.17, 15) is 4.79 Å². The average molecular weight is 300 g/mol. The summed E-state index contributed by atoms with van der Waals surface area (Å²) in [5.74, 6) is 0.808. The molecule has 1 aromatic carbocycles. The van der Waals surface area contributed by atoms with Gasteiger partial charge in [0.25, 0.3) is 0 Å². The molecule has 1 atom stereocenters. The molecule has 0 aliphatic heterocycles. The molecule has 6 heteroatoms. The number of aromatic nitrogens is 2. The Morgan fingerprint density at radius 2 is 2.09 bits per heavy atom. The highest BCUT2D eigenvalue weighted by molar-refractivity contribution is 5.75. The fourth-order valence-electron chi connectivity index (χ4n) is 2.17. The van der Waals surface area contributed by atoms with Crippen molar-refractivity contribution in [3.63, 3.8) is 0 Å². The molecule has 6 nitrogen and oxygen atoms in total. The predicted molar refractivity (Wildman–Crippen MR) is 83.2 cm³/mol. The standard InChI is InChI=1S/C16H20N4O2/c1-11(18-16(21)19-13-3-4-13)12-9-17-20(10-12)14-5-7-15(22-2)8-6-14/h5-11,13H,3-4H2,1-2H3,(H2,18,19,21)/t11-/m0/s1. The van der Waals surface area contributed by atoms with Crippen molar-refractivity contribution in [3.8, 4) is 11.4 Å². The number of ether oxygens (including phenoxy) is 1. The van der Waals surface area contributed by atoms with Gasteiger partial charge in [-0.1, -0.05) is 0 Å². The third-order valence-corrected chi connectivity index (χ3v) is 3.70. The number of benzene rings is 1. The number of nitrogens with zero attached hydrogens (tertiary/aromatic N) is 2. The fourth-order valence-corrected chi connectivity index (χ4v) is 2.17. The Morgan fingerprint density at radius 1 is 1.36 bits per heavy atom. The first-order valence-electron chi connectivity index (χ1n) is 7.42. The van der Waals surface area contributed by atoms with Crippen LogP contribution in [0.15, 0.2) is 36.7 Å². The molecule has 1 fully saturated rings. The molecule has 2 N–H and O–H groups in total. The summed E-state index contributed by atoms with van der Waals surface area (Å²) in [5, 5.41) is 10.2. The SMILES string of the molecule is COc1ccc(-n2cc([C@H](C)NC(=O)NC3CC3)cn2)cc1. The van der Waals surface area contributed by atoms with Crippen LogP contribution in [0.5, 0.6) is 5.75 Å². The van der Waals surface area contributed by atoms with Crippen molar-refractivity contribution in [2.45, 2.75) is 31.8 Å². The second-order valence-electron chi connectivity index (χ2n) is 5.53. The van der Waals surface area contributed by atoms with Crippen molar-refractivity contribution in [2.75, 3.05) is 7.11 Å². The first kappa shape index (κ1) is 14.4. The molecule has 0 spiro atoms. The summed E-state index contributed by atoms with van der Waals surface area (Å²) in [7, 11) is 1.64. The lowest BCUT2D eigenvalue weighted by Crippen LogP contribution is -2.38. The van der Waals surface area contributed by atoms with Gasteiger partial charge in [-0.3, -0.25) is 0 Å². The van der Waals surface area contributed by atoms with Crippen LogP contribution in [0, 0.1) is 0 Å². The molecule has 22 heavy (non-hydrogen) atoms. The number of hydrogen-bond acceptors (Lipinski definition) is 3. The van der Waals surface area contributed by atoms with Gasteiger partial charge in [0, 0.05) is 17.8 Å². The van der Waals surface area contributed by atoms with Gasteiger partial charge in [0.15, 0.2) is 0 Å². The third-order valence-electron chi connectivity index (χ3n) is 3.70. The van der Waals surface area contributed by atoms with E-state index in [-0.39, 0.29) is 12.1 Å². The first-order chi connectivity index (χ1) is 10.7. The van der Waals surface area contributed by atoms with E-state index in [0.717, 1.165) is 29.8 Å². The monoisotopic (exact) mass is 300 g/mol. The summed E-state index contributed by atoms with van der Waals surface area (Å²) >= 11 is 0. The van der Waals surface area contributed by atoms with E-state index in [1.165, 1.54) is 0 Å². The Morgan fingerprint density at radius 3 is 2.73 bits per heavy atom. The van der Waals surface area contributed by atoms with Crippen LogP contribution in [0.4, 0.5) is 4.79 Å². The molecular formula is C16H20N4O2. The van der Waals surface area contributed by atoms with Crippen molar-refractivity contribution in [1.29, 1.82) is 0 Å². The molecule has 3 rings (SSSR count). The van der Waals surface area contributed by atoms with Gasteiger partial charge in [-0.15, -0.1) is 0 Å². The van der Waals surface area contributed by atoms with Gasteiger partial charge in [0.05, 0.1) is 25.0 Å². The van der Waals surface area contributed by atoms with Crippen molar-refractivity contribution in [3.05, 3.63) is 42.2 Å². The van der Waals surface area contributed by atoms with Gasteiger partial charge in [0.1, 0.15) is 5.75 Å². The van der Waals surface area contributed by atoms with Crippen LogP contribution in [0.2, 0.25) is 0 Å². The Labute approximate surface area is 129 Å². The Bertz CT molecular complexity index is 646. The molecule has 1 aromatic heterocycles. The predicted octanol–water partition coefficient (Wildman–Crippen LogP) is 2.40. The van der Waals surface area contributed by atoms with Gasteiger partial charge < -0.3 is 15.4 Å². The Hall–Kier alpha value is -2.50. The molecular weight excluding hydrogens is 280 g/mol. The molecule has 0 bridgehead atoms. The summed E-state index contributed by atoms with van der Waals surface area (Å²) in [4.78, 5) is 11.8. The maximum absolute atomic E-state index is 11.8. The van der Waals surface area contributed by atoms with Crippen LogP contribution >= 0.6 is 0 Å². The number of urea groups is 1. The minimum Gasteiger partial charge on any atom is -0.497 e. The van der Waals surface area contributed by atoms with Gasteiger partial charge in [-0.05, 0) is 44.0 Å². The van der Waals surface area contributed by atoms with Crippen LogP contribution < -0.4 is 15.4 Å². The van der Waals surface area contributed by atoms with E-state index in [1.807, 2.05) is 37.4 Å². The van der Waals surface area contributed by atoms with E-state index < -0.39 is 0 Å². The largest absolute Gasteiger partial charge is 0.497 e. The molecule has 1 aliphatic rings. The lowest BCUT2D eigenvalue weighted by molar-refractivity contribution is 0.237. The van der Waals surface area contributed by atoms with Gasteiger partial charge in [-0.2, -0.15) is 5.10 Å². The van der Waals surface area contributed by atoms with Crippen LogP contribution in [0.3, 0.4) is 0 Å². The fraction of sp³-hybridized carbons (Fsp3) is 0.375. The zero-order valence-electron chi connectivity index (χ0n) is 12.7. The zero-order chi connectivity index (χ0) is 15.5. The molecule has 0 radical (unpaired) electrons. The summed E-state index contributed by atoms with van der Waals surface area (Å²) < 4.78 is 6.93. The van der Waals surface area contributed by atoms with E-state index in [2.05, 4.69) is 15.7 Å². The van der Waals surface area contributed by atoms with E-state index in [0.29, 0.717) is 6.04 Å². The Balaban J connectivity index is 1.65. The summed E-state index contributed by atoms with van der Waals surface area (Å²) in [5.41, 5.74) is 1.91. The number of carbonyl (C=O) groups excluding carboxylic acids is 1. The minimum absolute atomic E-state index is 0.0919. The molecule has 1 saturated carbocycles. The molecule has 0 saturated heterocycles. The average Bonchev–Trinajstić information content (AvgIpc) is 3.19. The number of methoxy groups -OCH3 is 1. The van der Waals surface area contributed by atoms with Crippen LogP contribution in [0.1, 0.15) is 31.4 Å². The highest BCUT2D eigenvalue weighted by Gasteiger charge is 2.24. The number of hydrogen-bond donors (Lipinski definition) is 2. The number of nitrogens with one attached hydrogen (secondary N) is 2. The minimum atomic E-state index is -0.118. The van der Waals surface area contributed by atoms with Crippen LogP contribution in [-0.4, -0.2) is 29.0 Å². The normalized spacial score (nSPS) is 15.2. The lowest BCUT2D eigenvalue weighted by atomic mass is 10.2. The van der Waals surface area contributed by atoms with Gasteiger partial charge in [0.2, 0.25) is 0 Å². The summed E-state index contributed by atoms with van der Waals surface area (Å²) in [6.07, 6.45) is 5.85. The first-order valence-corrected chi connectivity index (χ1v) is 7.42. The molecule has 1 aliphatic carbocycles. The molecule has 2 aromatic rings. The highest BCUT2D eigenvalue weighted by atomic mass is 16.5. The van der Waals surface area contributed by atoms with Crippen LogP contribution in [-0.2, 0) is 0 Å². The third kappa shape index (κ3) is 3.39. The van der Waals surface area contributed by atoms with Crippen molar-refractivity contribution < 1.29 is 9.53 Å². The summed E-state index contributed by atoms with van der Waals surface area (Å²) in [6, 6.07) is 7.80.